The van der Waals surface area contributed by atoms with E-state index in [0.29, 0.717) is 12.0 Å². The minimum Gasteiger partial charge on any atom is -0.326 e. The molecule has 0 saturated heterocycles. The molecule has 2 heteroatoms. The molecule has 1 aromatic carbocycles. The largest absolute Gasteiger partial charge is 0.326 e. The Labute approximate surface area is 106 Å². The molecule has 1 rings (SSSR count). The second-order valence-corrected chi connectivity index (χ2v) is 5.61. The Morgan fingerprint density at radius 3 is 1.94 bits per heavy atom. The monoisotopic (exact) mass is 234 g/mol. The van der Waals surface area contributed by atoms with Crippen LogP contribution in [0.25, 0.3) is 0 Å². The topological polar surface area (TPSA) is 29.3 Å². The van der Waals surface area contributed by atoms with Gasteiger partial charge in [-0.25, -0.2) is 0 Å². The maximum absolute atomic E-state index is 6.05. The Hall–Kier alpha value is -0.860. The maximum Gasteiger partial charge on any atom is 0.0491 e. The zero-order valence-electron chi connectivity index (χ0n) is 11.8. The summed E-state index contributed by atoms with van der Waals surface area (Å²) in [5, 5.41) is 0. The third-order valence-corrected chi connectivity index (χ3v) is 3.02. The molecular formula is C15H26N2. The SMILES string of the molecule is CC(C)Cc1ccc(C(C(C)N)N(C)C)cc1. The highest BCUT2D eigenvalue weighted by Gasteiger charge is 2.18. The van der Waals surface area contributed by atoms with Crippen molar-refractivity contribution in [3.8, 4) is 0 Å². The third-order valence-electron chi connectivity index (χ3n) is 3.02. The number of nitrogens with zero attached hydrogens (tertiary/aromatic N) is 1. The van der Waals surface area contributed by atoms with E-state index < -0.39 is 0 Å². The smallest absolute Gasteiger partial charge is 0.0491 e. The van der Waals surface area contributed by atoms with E-state index in [2.05, 4.69) is 64.0 Å². The molecule has 0 amide bonds. The summed E-state index contributed by atoms with van der Waals surface area (Å²) in [5.74, 6) is 0.707. The number of rotatable bonds is 5. The van der Waals surface area contributed by atoms with Gasteiger partial charge < -0.3 is 10.6 Å². The Bertz CT molecular complexity index is 317. The zero-order chi connectivity index (χ0) is 13.0. The van der Waals surface area contributed by atoms with Crippen LogP contribution < -0.4 is 5.73 Å². The Morgan fingerprint density at radius 2 is 1.59 bits per heavy atom. The molecule has 0 aliphatic carbocycles. The van der Waals surface area contributed by atoms with Gasteiger partial charge in [0.1, 0.15) is 0 Å². The first kappa shape index (κ1) is 14.2. The number of hydrogen-bond donors (Lipinski definition) is 1. The molecule has 0 aromatic heterocycles. The van der Waals surface area contributed by atoms with Gasteiger partial charge in [-0.05, 0) is 44.5 Å². The number of hydrogen-bond acceptors (Lipinski definition) is 2. The van der Waals surface area contributed by atoms with Crippen LogP contribution in [0.4, 0.5) is 0 Å². The van der Waals surface area contributed by atoms with Crippen molar-refractivity contribution in [1.82, 2.24) is 4.90 Å². The van der Waals surface area contributed by atoms with Crippen LogP contribution in [0.5, 0.6) is 0 Å². The Kier molecular flexibility index (Phi) is 5.16. The van der Waals surface area contributed by atoms with Crippen molar-refractivity contribution in [3.05, 3.63) is 35.4 Å². The zero-order valence-corrected chi connectivity index (χ0v) is 11.8. The van der Waals surface area contributed by atoms with Crippen molar-refractivity contribution in [2.75, 3.05) is 14.1 Å². The fourth-order valence-corrected chi connectivity index (χ4v) is 2.39. The molecule has 0 radical (unpaired) electrons. The summed E-state index contributed by atoms with van der Waals surface area (Å²) in [6.07, 6.45) is 1.14. The average molecular weight is 234 g/mol. The highest BCUT2D eigenvalue weighted by Crippen LogP contribution is 2.22. The first-order valence-corrected chi connectivity index (χ1v) is 6.42. The third kappa shape index (κ3) is 4.14. The van der Waals surface area contributed by atoms with Crippen molar-refractivity contribution >= 4 is 0 Å². The standard InChI is InChI=1S/C15H26N2/c1-11(2)10-13-6-8-14(9-7-13)15(12(3)16)17(4)5/h6-9,11-12,15H,10,16H2,1-5H3. The predicted octanol–water partition coefficient (Wildman–Crippen LogP) is 2.84. The molecule has 2 unspecified atom stereocenters. The summed E-state index contributed by atoms with van der Waals surface area (Å²) in [6.45, 7) is 6.56. The van der Waals surface area contributed by atoms with Gasteiger partial charge in [0.15, 0.2) is 0 Å². The Morgan fingerprint density at radius 1 is 1.06 bits per heavy atom. The van der Waals surface area contributed by atoms with Gasteiger partial charge in [0, 0.05) is 12.1 Å². The van der Waals surface area contributed by atoms with E-state index in [9.17, 15) is 0 Å². The molecule has 1 aromatic rings. The molecule has 0 heterocycles. The molecule has 2 N–H and O–H groups in total. The molecule has 2 nitrogen and oxygen atoms in total. The van der Waals surface area contributed by atoms with Gasteiger partial charge >= 0.3 is 0 Å². The van der Waals surface area contributed by atoms with Gasteiger partial charge in [0.25, 0.3) is 0 Å². The number of likely N-dealkylation sites (N-methyl/N-ethyl adjacent to an activating group) is 1. The number of benzene rings is 1. The van der Waals surface area contributed by atoms with E-state index in [-0.39, 0.29) is 6.04 Å². The molecule has 0 spiro atoms. The Balaban J connectivity index is 2.85. The van der Waals surface area contributed by atoms with Gasteiger partial charge in [-0.15, -0.1) is 0 Å². The van der Waals surface area contributed by atoms with Gasteiger partial charge in [-0.3, -0.25) is 0 Å². The summed E-state index contributed by atoms with van der Waals surface area (Å²) in [6, 6.07) is 9.32. The summed E-state index contributed by atoms with van der Waals surface area (Å²) in [7, 11) is 4.16. The fraction of sp³-hybridized carbons (Fsp3) is 0.600. The van der Waals surface area contributed by atoms with Crippen LogP contribution in [0, 0.1) is 5.92 Å². The quantitative estimate of drug-likeness (QED) is 0.849. The minimum absolute atomic E-state index is 0.140. The fourth-order valence-electron chi connectivity index (χ4n) is 2.39. The van der Waals surface area contributed by atoms with Crippen LogP contribution >= 0.6 is 0 Å². The molecule has 2 atom stereocenters. The normalized spacial score (nSPS) is 15.3. The van der Waals surface area contributed by atoms with Crippen molar-refractivity contribution in [2.24, 2.45) is 11.7 Å². The molecule has 17 heavy (non-hydrogen) atoms. The van der Waals surface area contributed by atoms with E-state index in [0.717, 1.165) is 6.42 Å². The lowest BCUT2D eigenvalue weighted by molar-refractivity contribution is 0.266. The van der Waals surface area contributed by atoms with Crippen LogP contribution in [0.2, 0.25) is 0 Å². The van der Waals surface area contributed by atoms with Crippen molar-refractivity contribution < 1.29 is 0 Å². The average Bonchev–Trinajstić information content (AvgIpc) is 2.18. The van der Waals surface area contributed by atoms with Gasteiger partial charge in [-0.1, -0.05) is 38.1 Å². The van der Waals surface area contributed by atoms with Crippen LogP contribution in [0.3, 0.4) is 0 Å². The van der Waals surface area contributed by atoms with Crippen molar-refractivity contribution in [1.29, 1.82) is 0 Å². The molecule has 96 valence electrons. The lowest BCUT2D eigenvalue weighted by atomic mass is 9.96. The predicted molar refractivity (Wildman–Crippen MR) is 75.1 cm³/mol. The first-order chi connectivity index (χ1) is 7.91. The highest BCUT2D eigenvalue weighted by molar-refractivity contribution is 5.26. The summed E-state index contributed by atoms with van der Waals surface area (Å²) < 4.78 is 0. The van der Waals surface area contributed by atoms with E-state index >= 15 is 0 Å². The van der Waals surface area contributed by atoms with Crippen LogP contribution in [-0.4, -0.2) is 25.0 Å². The summed E-state index contributed by atoms with van der Waals surface area (Å²) in [5.41, 5.74) is 8.76. The van der Waals surface area contributed by atoms with Crippen LogP contribution in [-0.2, 0) is 6.42 Å². The van der Waals surface area contributed by atoms with Crippen LogP contribution in [0.1, 0.15) is 37.9 Å². The summed E-state index contributed by atoms with van der Waals surface area (Å²) >= 11 is 0. The second kappa shape index (κ2) is 6.18. The minimum atomic E-state index is 0.140. The van der Waals surface area contributed by atoms with Gasteiger partial charge in [0.05, 0.1) is 0 Å². The number of nitrogens with two attached hydrogens (primary N) is 1. The lowest BCUT2D eigenvalue weighted by Crippen LogP contribution is -2.35. The van der Waals surface area contributed by atoms with Crippen molar-refractivity contribution in [3.63, 3.8) is 0 Å². The molecule has 0 bridgehead atoms. The van der Waals surface area contributed by atoms with E-state index in [1.165, 1.54) is 11.1 Å². The molecule has 0 fully saturated rings. The molecule has 0 aliphatic heterocycles. The molecular weight excluding hydrogens is 208 g/mol. The van der Waals surface area contributed by atoms with E-state index in [1.54, 1.807) is 0 Å². The molecule has 0 aliphatic rings. The second-order valence-electron chi connectivity index (χ2n) is 5.61. The molecule has 0 saturated carbocycles. The van der Waals surface area contributed by atoms with Gasteiger partial charge in [-0.2, -0.15) is 0 Å². The first-order valence-electron chi connectivity index (χ1n) is 6.42. The summed E-state index contributed by atoms with van der Waals surface area (Å²) in [4.78, 5) is 2.18. The van der Waals surface area contributed by atoms with Crippen LogP contribution in [0.15, 0.2) is 24.3 Å². The van der Waals surface area contributed by atoms with Crippen molar-refractivity contribution in [2.45, 2.75) is 39.3 Å². The highest BCUT2D eigenvalue weighted by atomic mass is 15.1. The maximum atomic E-state index is 6.05. The van der Waals surface area contributed by atoms with E-state index in [4.69, 9.17) is 5.73 Å². The van der Waals surface area contributed by atoms with Gasteiger partial charge in [0.2, 0.25) is 0 Å². The lowest BCUT2D eigenvalue weighted by Gasteiger charge is -2.28. The van der Waals surface area contributed by atoms with E-state index in [1.807, 2.05) is 0 Å².